The first kappa shape index (κ1) is 18.9. The van der Waals surface area contributed by atoms with Gasteiger partial charge in [0.25, 0.3) is 0 Å². The van der Waals surface area contributed by atoms with E-state index in [2.05, 4.69) is 0 Å². The molecule has 2 aliphatic rings. The summed E-state index contributed by atoms with van der Waals surface area (Å²) in [5.41, 5.74) is 22.1. The fourth-order valence-corrected chi connectivity index (χ4v) is 2.50. The summed E-state index contributed by atoms with van der Waals surface area (Å²) < 4.78 is 23.1. The van der Waals surface area contributed by atoms with Crippen molar-refractivity contribution in [2.24, 2.45) is 28.3 Å². The number of nitrogens with zero attached hydrogens (tertiary/aromatic N) is 2. The maximum atomic E-state index is 5.78. The molecule has 0 unspecified atom stereocenters. The van der Waals surface area contributed by atoms with Crippen molar-refractivity contribution < 1.29 is 18.9 Å². The van der Waals surface area contributed by atoms with Crippen LogP contribution in [0.15, 0.2) is 0 Å². The van der Waals surface area contributed by atoms with Crippen LogP contribution in [0.4, 0.5) is 0 Å². The van der Waals surface area contributed by atoms with Crippen LogP contribution in [0, 0.1) is 5.41 Å². The molecule has 0 aromatic rings. The molecule has 2 rings (SSSR count). The first-order valence-electron chi connectivity index (χ1n) is 7.86. The van der Waals surface area contributed by atoms with Crippen molar-refractivity contribution in [3.63, 3.8) is 0 Å². The molecule has 23 heavy (non-hydrogen) atoms. The van der Waals surface area contributed by atoms with Crippen LogP contribution in [0.1, 0.15) is 0 Å². The van der Waals surface area contributed by atoms with Gasteiger partial charge in [0.1, 0.15) is 0 Å². The van der Waals surface area contributed by atoms with Crippen LogP contribution >= 0.6 is 0 Å². The maximum absolute atomic E-state index is 5.78. The molecule has 2 fully saturated rings. The van der Waals surface area contributed by atoms with Gasteiger partial charge in [0.2, 0.25) is 0 Å². The zero-order valence-corrected chi connectivity index (χ0v) is 13.6. The molecule has 0 amide bonds. The van der Waals surface area contributed by atoms with Gasteiger partial charge in [-0.15, -0.1) is 0 Å². The standard InChI is InChI=1S/C13H30N6O4/c14-7-18(8-15)1-11-20-3-13(4-21-11)5-22-12(23-6-13)2-19(9-16)10-17/h11-12H,1-10,14-17H2. The normalized spacial score (nSPS) is 32.1. The van der Waals surface area contributed by atoms with Crippen molar-refractivity contribution in [1.29, 1.82) is 0 Å². The predicted octanol–water partition coefficient (Wildman–Crippen LogP) is -3.01. The Balaban J connectivity index is 1.73. The lowest BCUT2D eigenvalue weighted by Gasteiger charge is -2.44. The van der Waals surface area contributed by atoms with Gasteiger partial charge < -0.3 is 41.9 Å². The Morgan fingerprint density at radius 1 is 0.652 bits per heavy atom. The summed E-state index contributed by atoms with van der Waals surface area (Å²) >= 11 is 0. The third kappa shape index (κ3) is 5.29. The molecular formula is C13H30N6O4. The minimum absolute atomic E-state index is 0.264. The first-order valence-corrected chi connectivity index (χ1v) is 7.86. The number of hydrogen-bond acceptors (Lipinski definition) is 10. The lowest BCUT2D eigenvalue weighted by Crippen LogP contribution is -2.55. The van der Waals surface area contributed by atoms with Crippen molar-refractivity contribution in [2.45, 2.75) is 12.6 Å². The summed E-state index contributed by atoms with van der Waals surface area (Å²) in [6.07, 6.45) is -0.647. The van der Waals surface area contributed by atoms with Crippen LogP contribution in [0.2, 0.25) is 0 Å². The van der Waals surface area contributed by atoms with E-state index in [1.54, 1.807) is 0 Å². The van der Waals surface area contributed by atoms with E-state index in [1.807, 2.05) is 9.80 Å². The van der Waals surface area contributed by atoms with Crippen LogP contribution in [-0.4, -0.2) is 88.6 Å². The average molecular weight is 334 g/mol. The molecule has 0 saturated carbocycles. The molecule has 2 saturated heterocycles. The molecule has 10 nitrogen and oxygen atoms in total. The number of rotatable bonds is 8. The highest BCUT2D eigenvalue weighted by Crippen LogP contribution is 2.30. The van der Waals surface area contributed by atoms with Gasteiger partial charge in [-0.25, -0.2) is 0 Å². The van der Waals surface area contributed by atoms with Crippen LogP contribution in [0.3, 0.4) is 0 Å². The Bertz CT molecular complexity index is 291. The minimum atomic E-state index is -0.324. The van der Waals surface area contributed by atoms with Gasteiger partial charge in [-0.05, 0) is 0 Å². The predicted molar refractivity (Wildman–Crippen MR) is 83.4 cm³/mol. The van der Waals surface area contributed by atoms with E-state index in [9.17, 15) is 0 Å². The topological polar surface area (TPSA) is 147 Å². The molecule has 136 valence electrons. The lowest BCUT2D eigenvalue weighted by atomic mass is 9.91. The summed E-state index contributed by atoms with van der Waals surface area (Å²) in [6.45, 7) is 4.67. The second-order valence-corrected chi connectivity index (χ2v) is 6.04. The summed E-state index contributed by atoms with van der Waals surface area (Å²) in [6, 6.07) is 0. The smallest absolute Gasteiger partial charge is 0.170 e. The molecule has 2 aliphatic heterocycles. The zero-order valence-electron chi connectivity index (χ0n) is 13.6. The largest absolute Gasteiger partial charge is 0.350 e. The molecule has 0 aromatic heterocycles. The summed E-state index contributed by atoms with van der Waals surface area (Å²) in [7, 11) is 0. The molecule has 0 aromatic carbocycles. The second kappa shape index (κ2) is 9.18. The summed E-state index contributed by atoms with van der Waals surface area (Å²) in [4.78, 5) is 3.70. The Morgan fingerprint density at radius 3 is 1.22 bits per heavy atom. The van der Waals surface area contributed by atoms with Crippen LogP contribution in [0.25, 0.3) is 0 Å². The van der Waals surface area contributed by atoms with E-state index in [0.717, 1.165) is 0 Å². The fourth-order valence-electron chi connectivity index (χ4n) is 2.50. The van der Waals surface area contributed by atoms with Gasteiger partial charge in [0.15, 0.2) is 12.6 Å². The van der Waals surface area contributed by atoms with E-state index < -0.39 is 0 Å². The highest BCUT2D eigenvalue weighted by molar-refractivity contribution is 4.85. The highest BCUT2D eigenvalue weighted by atomic mass is 16.7. The van der Waals surface area contributed by atoms with E-state index >= 15 is 0 Å². The van der Waals surface area contributed by atoms with Gasteiger partial charge >= 0.3 is 0 Å². The molecule has 0 bridgehead atoms. The van der Waals surface area contributed by atoms with Crippen LogP contribution in [0.5, 0.6) is 0 Å². The van der Waals surface area contributed by atoms with Gasteiger partial charge in [-0.3, -0.25) is 9.80 Å². The molecule has 2 heterocycles. The van der Waals surface area contributed by atoms with Crippen LogP contribution < -0.4 is 22.9 Å². The quantitative estimate of drug-likeness (QED) is 0.338. The summed E-state index contributed by atoms with van der Waals surface area (Å²) in [5.74, 6) is 0. The first-order chi connectivity index (χ1) is 11.1. The van der Waals surface area contributed by atoms with Crippen molar-refractivity contribution in [3.8, 4) is 0 Å². The number of ether oxygens (including phenoxy) is 4. The molecule has 10 heteroatoms. The molecule has 8 N–H and O–H groups in total. The Morgan fingerprint density at radius 2 is 0.957 bits per heavy atom. The Labute approximate surface area is 136 Å². The van der Waals surface area contributed by atoms with Crippen LogP contribution in [-0.2, 0) is 18.9 Å². The minimum Gasteiger partial charge on any atom is -0.350 e. The SMILES string of the molecule is NCN(CN)CC1OCC2(CO1)COC(CN(CN)CN)OC2. The van der Waals surface area contributed by atoms with E-state index in [-0.39, 0.29) is 18.0 Å². The highest BCUT2D eigenvalue weighted by Gasteiger charge is 2.42. The zero-order chi connectivity index (χ0) is 16.7. The summed E-state index contributed by atoms with van der Waals surface area (Å²) in [5, 5.41) is 0. The van der Waals surface area contributed by atoms with Crippen molar-refractivity contribution in [3.05, 3.63) is 0 Å². The Hall–Kier alpha value is -0.400. The lowest BCUT2D eigenvalue weighted by molar-refractivity contribution is -0.305. The van der Waals surface area contributed by atoms with E-state index in [0.29, 0.717) is 66.2 Å². The Kier molecular flexibility index (Phi) is 7.56. The van der Waals surface area contributed by atoms with Gasteiger partial charge in [0, 0.05) is 26.7 Å². The maximum Gasteiger partial charge on any atom is 0.170 e. The average Bonchev–Trinajstić information content (AvgIpc) is 2.61. The van der Waals surface area contributed by atoms with Crippen molar-refractivity contribution in [2.75, 3.05) is 66.2 Å². The third-order valence-electron chi connectivity index (χ3n) is 4.15. The van der Waals surface area contributed by atoms with Gasteiger partial charge in [0.05, 0.1) is 44.9 Å². The second-order valence-electron chi connectivity index (χ2n) is 6.04. The number of hydrogen-bond donors (Lipinski definition) is 4. The van der Waals surface area contributed by atoms with Gasteiger partial charge in [-0.2, -0.15) is 0 Å². The molecule has 0 atom stereocenters. The third-order valence-corrected chi connectivity index (χ3v) is 4.15. The monoisotopic (exact) mass is 334 g/mol. The van der Waals surface area contributed by atoms with E-state index in [1.165, 1.54) is 0 Å². The van der Waals surface area contributed by atoms with Crippen molar-refractivity contribution >= 4 is 0 Å². The van der Waals surface area contributed by atoms with Crippen molar-refractivity contribution in [1.82, 2.24) is 9.80 Å². The number of nitrogens with two attached hydrogens (primary N) is 4. The molecular weight excluding hydrogens is 304 g/mol. The molecule has 0 aliphatic carbocycles. The van der Waals surface area contributed by atoms with Gasteiger partial charge in [-0.1, -0.05) is 0 Å². The molecule has 0 radical (unpaired) electrons. The fraction of sp³-hybridized carbons (Fsp3) is 1.00. The molecule has 1 spiro atoms. The van der Waals surface area contributed by atoms with E-state index in [4.69, 9.17) is 41.9 Å².